The molecule has 4 heteroatoms. The molecule has 0 saturated heterocycles. The third-order valence-corrected chi connectivity index (χ3v) is 4.80. The standard InChI is InChI=1S/C23H16ClNO2/c24-18-12-14-21-19(15-18)22(26)23(27)25(21)20(17-9-5-2-6-10-17)13-11-16-7-3-1-4-8-16/h1-15,20H/b13-11+/t20-/m0/s1. The average molecular weight is 374 g/mol. The van der Waals surface area contributed by atoms with Gasteiger partial charge in [0.25, 0.3) is 11.7 Å². The smallest absolute Gasteiger partial charge is 0.294 e. The highest BCUT2D eigenvalue weighted by molar-refractivity contribution is 6.52. The first-order valence-corrected chi connectivity index (χ1v) is 8.98. The van der Waals surface area contributed by atoms with Gasteiger partial charge in [-0.15, -0.1) is 0 Å². The minimum atomic E-state index is -0.543. The fraction of sp³-hybridized carbons (Fsp3) is 0.0435. The van der Waals surface area contributed by atoms with E-state index in [0.29, 0.717) is 16.3 Å². The molecule has 1 amide bonds. The molecule has 3 nitrogen and oxygen atoms in total. The van der Waals surface area contributed by atoms with Gasteiger partial charge in [0.2, 0.25) is 0 Å². The van der Waals surface area contributed by atoms with Crippen LogP contribution in [0.1, 0.15) is 27.5 Å². The van der Waals surface area contributed by atoms with E-state index in [4.69, 9.17) is 11.6 Å². The van der Waals surface area contributed by atoms with Gasteiger partial charge in [-0.1, -0.05) is 84.4 Å². The van der Waals surface area contributed by atoms with Crippen LogP contribution in [0.15, 0.2) is 84.9 Å². The van der Waals surface area contributed by atoms with E-state index in [0.717, 1.165) is 11.1 Å². The van der Waals surface area contributed by atoms with Gasteiger partial charge in [-0.25, -0.2) is 0 Å². The number of benzene rings is 3. The van der Waals surface area contributed by atoms with Gasteiger partial charge in [0.15, 0.2) is 0 Å². The van der Waals surface area contributed by atoms with Crippen molar-refractivity contribution < 1.29 is 9.59 Å². The van der Waals surface area contributed by atoms with E-state index in [2.05, 4.69) is 0 Å². The second kappa shape index (κ2) is 7.22. The van der Waals surface area contributed by atoms with Crippen molar-refractivity contribution in [2.45, 2.75) is 6.04 Å². The van der Waals surface area contributed by atoms with Crippen LogP contribution in [0.4, 0.5) is 5.69 Å². The summed E-state index contributed by atoms with van der Waals surface area (Å²) >= 11 is 6.03. The molecule has 0 aromatic heterocycles. The molecule has 1 atom stereocenters. The molecule has 0 radical (unpaired) electrons. The van der Waals surface area contributed by atoms with Gasteiger partial charge in [-0.2, -0.15) is 0 Å². The highest BCUT2D eigenvalue weighted by atomic mass is 35.5. The SMILES string of the molecule is O=C1C(=O)N([C@@H](/C=C/c2ccccc2)c2ccccc2)c2ccc(Cl)cc21. The number of halogens is 1. The van der Waals surface area contributed by atoms with Crippen molar-refractivity contribution in [2.24, 2.45) is 0 Å². The molecule has 132 valence electrons. The minimum Gasteiger partial charge on any atom is -0.294 e. The van der Waals surface area contributed by atoms with Crippen molar-refractivity contribution in [1.29, 1.82) is 0 Å². The fourth-order valence-corrected chi connectivity index (χ4v) is 3.45. The number of carbonyl (C=O) groups is 2. The number of nitrogens with zero attached hydrogens (tertiary/aromatic N) is 1. The van der Waals surface area contributed by atoms with Crippen molar-refractivity contribution >= 4 is 35.1 Å². The van der Waals surface area contributed by atoms with Crippen LogP contribution in [0.25, 0.3) is 6.08 Å². The van der Waals surface area contributed by atoms with Gasteiger partial charge in [0.05, 0.1) is 17.3 Å². The molecule has 1 aliphatic rings. The summed E-state index contributed by atoms with van der Waals surface area (Å²) in [5, 5.41) is 0.438. The third kappa shape index (κ3) is 3.29. The van der Waals surface area contributed by atoms with Gasteiger partial charge < -0.3 is 0 Å². The number of fused-ring (bicyclic) bond motifs is 1. The lowest BCUT2D eigenvalue weighted by Crippen LogP contribution is -2.33. The Morgan fingerprint density at radius 2 is 1.52 bits per heavy atom. The third-order valence-electron chi connectivity index (χ3n) is 4.57. The molecular weight excluding hydrogens is 358 g/mol. The molecule has 0 bridgehead atoms. The van der Waals surface area contributed by atoms with E-state index in [9.17, 15) is 9.59 Å². The van der Waals surface area contributed by atoms with Gasteiger partial charge >= 0.3 is 0 Å². The highest BCUT2D eigenvalue weighted by Gasteiger charge is 2.39. The first-order chi connectivity index (χ1) is 13.1. The Morgan fingerprint density at radius 3 is 2.22 bits per heavy atom. The Labute approximate surface area is 162 Å². The zero-order chi connectivity index (χ0) is 18.8. The number of amides is 1. The Balaban J connectivity index is 1.81. The summed E-state index contributed by atoms with van der Waals surface area (Å²) in [6.07, 6.45) is 3.91. The summed E-state index contributed by atoms with van der Waals surface area (Å²) in [5.74, 6) is -1.07. The van der Waals surface area contributed by atoms with Gasteiger partial charge in [-0.3, -0.25) is 14.5 Å². The van der Waals surface area contributed by atoms with E-state index in [1.165, 1.54) is 0 Å². The zero-order valence-corrected chi connectivity index (χ0v) is 15.1. The fourth-order valence-electron chi connectivity index (χ4n) is 3.27. The molecule has 1 aliphatic heterocycles. The number of hydrogen-bond donors (Lipinski definition) is 0. The molecule has 3 aromatic rings. The molecule has 0 saturated carbocycles. The second-order valence-corrected chi connectivity index (χ2v) is 6.73. The van der Waals surface area contributed by atoms with E-state index >= 15 is 0 Å². The van der Waals surface area contributed by atoms with Crippen LogP contribution < -0.4 is 4.90 Å². The molecular formula is C23H16ClNO2. The number of Topliss-reactive ketones (excluding diaryl/α,β-unsaturated/α-hetero) is 1. The van der Waals surface area contributed by atoms with Gasteiger partial charge in [0, 0.05) is 5.02 Å². The first kappa shape index (κ1) is 17.3. The van der Waals surface area contributed by atoms with Crippen LogP contribution in [0.5, 0.6) is 0 Å². The molecule has 0 fully saturated rings. The van der Waals surface area contributed by atoms with Crippen LogP contribution in [-0.4, -0.2) is 11.7 Å². The highest BCUT2D eigenvalue weighted by Crippen LogP contribution is 2.38. The number of anilines is 1. The van der Waals surface area contributed by atoms with Crippen molar-refractivity contribution in [2.75, 3.05) is 4.90 Å². The maximum absolute atomic E-state index is 12.8. The van der Waals surface area contributed by atoms with Crippen molar-refractivity contribution in [3.8, 4) is 0 Å². The lowest BCUT2D eigenvalue weighted by Gasteiger charge is -2.26. The topological polar surface area (TPSA) is 37.4 Å². The molecule has 27 heavy (non-hydrogen) atoms. The Morgan fingerprint density at radius 1 is 0.852 bits per heavy atom. The summed E-state index contributed by atoms with van der Waals surface area (Å²) in [6.45, 7) is 0. The lowest BCUT2D eigenvalue weighted by molar-refractivity contribution is -0.114. The largest absolute Gasteiger partial charge is 0.300 e. The molecule has 4 rings (SSSR count). The molecule has 0 unspecified atom stereocenters. The molecule has 0 spiro atoms. The summed E-state index contributed by atoms with van der Waals surface area (Å²) in [5.41, 5.74) is 2.88. The van der Waals surface area contributed by atoms with Crippen molar-refractivity contribution in [3.05, 3.63) is 107 Å². The maximum atomic E-state index is 12.8. The molecule has 0 N–H and O–H groups in total. The van der Waals surface area contributed by atoms with Crippen LogP contribution >= 0.6 is 11.6 Å². The molecule has 0 aliphatic carbocycles. The number of ketones is 1. The normalized spacial score (nSPS) is 14.6. The Hall–Kier alpha value is -3.17. The average Bonchev–Trinajstić information content (AvgIpc) is 2.95. The maximum Gasteiger partial charge on any atom is 0.300 e. The van der Waals surface area contributed by atoms with E-state index in [1.807, 2.05) is 72.8 Å². The Bertz CT molecular complexity index is 1030. The minimum absolute atomic E-state index is 0.349. The van der Waals surface area contributed by atoms with Crippen molar-refractivity contribution in [1.82, 2.24) is 0 Å². The van der Waals surface area contributed by atoms with E-state index in [1.54, 1.807) is 23.1 Å². The quantitative estimate of drug-likeness (QED) is 0.580. The number of hydrogen-bond acceptors (Lipinski definition) is 2. The van der Waals surface area contributed by atoms with E-state index < -0.39 is 17.7 Å². The summed E-state index contributed by atoms with van der Waals surface area (Å²) in [7, 11) is 0. The molecule has 3 aromatic carbocycles. The zero-order valence-electron chi connectivity index (χ0n) is 14.4. The lowest BCUT2D eigenvalue weighted by atomic mass is 10.0. The Kier molecular flexibility index (Phi) is 4.61. The van der Waals surface area contributed by atoms with Gasteiger partial charge in [-0.05, 0) is 29.3 Å². The second-order valence-electron chi connectivity index (χ2n) is 6.29. The van der Waals surface area contributed by atoms with Crippen LogP contribution in [0.2, 0.25) is 5.02 Å². The predicted molar refractivity (Wildman–Crippen MR) is 108 cm³/mol. The first-order valence-electron chi connectivity index (χ1n) is 8.61. The number of carbonyl (C=O) groups excluding carboxylic acids is 2. The summed E-state index contributed by atoms with van der Waals surface area (Å²) < 4.78 is 0. The van der Waals surface area contributed by atoms with Crippen LogP contribution in [-0.2, 0) is 4.79 Å². The van der Waals surface area contributed by atoms with Crippen molar-refractivity contribution in [3.63, 3.8) is 0 Å². The summed E-state index contributed by atoms with van der Waals surface area (Å²) in [6, 6.07) is 24.1. The van der Waals surface area contributed by atoms with E-state index in [-0.39, 0.29) is 0 Å². The summed E-state index contributed by atoms with van der Waals surface area (Å²) in [4.78, 5) is 26.8. The van der Waals surface area contributed by atoms with Crippen LogP contribution in [0.3, 0.4) is 0 Å². The van der Waals surface area contributed by atoms with Crippen LogP contribution in [0, 0.1) is 0 Å². The number of rotatable bonds is 4. The molecule has 1 heterocycles. The monoisotopic (exact) mass is 373 g/mol. The predicted octanol–water partition coefficient (Wildman–Crippen LogP) is 5.32. The van der Waals surface area contributed by atoms with Gasteiger partial charge in [0.1, 0.15) is 0 Å².